The first kappa shape index (κ1) is 24.7. The van der Waals surface area contributed by atoms with Crippen LogP contribution in [0.3, 0.4) is 0 Å². The van der Waals surface area contributed by atoms with E-state index < -0.39 is 0 Å². The largest absolute Gasteiger partial charge is 0.493 e. The molecule has 0 saturated heterocycles. The quantitative estimate of drug-likeness (QED) is 0.455. The minimum atomic E-state index is -0.352. The van der Waals surface area contributed by atoms with Gasteiger partial charge < -0.3 is 28.8 Å². The maximum Gasteiger partial charge on any atom is 0.287 e. The van der Waals surface area contributed by atoms with Gasteiger partial charge in [-0.05, 0) is 36.8 Å². The van der Waals surface area contributed by atoms with Crippen LogP contribution in [0.25, 0.3) is 0 Å². The molecule has 2 amide bonds. The zero-order chi connectivity index (χ0) is 24.5. The number of amides is 2. The summed E-state index contributed by atoms with van der Waals surface area (Å²) in [5.74, 6) is 1.94. The molecule has 0 bridgehead atoms. The van der Waals surface area contributed by atoms with Gasteiger partial charge in [-0.3, -0.25) is 9.59 Å². The van der Waals surface area contributed by atoms with Gasteiger partial charge in [0.25, 0.3) is 11.8 Å². The number of ether oxygens (including phenoxy) is 3. The molecule has 0 aliphatic carbocycles. The van der Waals surface area contributed by atoms with Gasteiger partial charge in [0.15, 0.2) is 23.9 Å². The zero-order valence-corrected chi connectivity index (χ0v) is 19.9. The van der Waals surface area contributed by atoms with Crippen molar-refractivity contribution < 1.29 is 28.2 Å². The van der Waals surface area contributed by atoms with E-state index in [4.69, 9.17) is 18.6 Å². The highest BCUT2D eigenvalue weighted by Crippen LogP contribution is 2.29. The predicted molar refractivity (Wildman–Crippen MR) is 127 cm³/mol. The number of carbonyl (C=O) groups is 2. The molecule has 1 aromatic heterocycles. The van der Waals surface area contributed by atoms with Gasteiger partial charge in [-0.25, -0.2) is 0 Å². The molecule has 0 aliphatic heterocycles. The van der Waals surface area contributed by atoms with Crippen molar-refractivity contribution in [2.24, 2.45) is 0 Å². The Morgan fingerprint density at radius 3 is 2.29 bits per heavy atom. The van der Waals surface area contributed by atoms with Gasteiger partial charge in [-0.1, -0.05) is 37.3 Å². The summed E-state index contributed by atoms with van der Waals surface area (Å²) < 4.78 is 22.5. The van der Waals surface area contributed by atoms with Crippen LogP contribution in [0.1, 0.15) is 41.3 Å². The van der Waals surface area contributed by atoms with Gasteiger partial charge in [-0.15, -0.1) is 0 Å². The smallest absolute Gasteiger partial charge is 0.287 e. The van der Waals surface area contributed by atoms with E-state index in [-0.39, 0.29) is 36.8 Å². The van der Waals surface area contributed by atoms with Crippen molar-refractivity contribution in [3.8, 4) is 17.2 Å². The van der Waals surface area contributed by atoms with Crippen LogP contribution in [0.15, 0.2) is 65.1 Å². The Hall–Kier alpha value is -3.94. The second-order valence-electron chi connectivity index (χ2n) is 7.75. The number of nitrogens with one attached hydrogen (secondary N) is 1. The van der Waals surface area contributed by atoms with Gasteiger partial charge >= 0.3 is 0 Å². The molecule has 34 heavy (non-hydrogen) atoms. The first-order valence-corrected chi connectivity index (χ1v) is 11.0. The van der Waals surface area contributed by atoms with Crippen LogP contribution in [0.2, 0.25) is 0 Å². The Morgan fingerprint density at radius 1 is 0.941 bits per heavy atom. The minimum Gasteiger partial charge on any atom is -0.493 e. The summed E-state index contributed by atoms with van der Waals surface area (Å²) in [6, 6.07) is 17.7. The molecule has 0 saturated carbocycles. The molecule has 180 valence electrons. The average molecular weight is 467 g/mol. The van der Waals surface area contributed by atoms with Crippen LogP contribution >= 0.6 is 0 Å². The maximum atomic E-state index is 12.9. The average Bonchev–Trinajstić information content (AvgIpc) is 3.34. The van der Waals surface area contributed by atoms with Crippen molar-refractivity contribution in [1.29, 1.82) is 0 Å². The summed E-state index contributed by atoms with van der Waals surface area (Å²) in [4.78, 5) is 26.3. The van der Waals surface area contributed by atoms with Crippen molar-refractivity contribution in [3.63, 3.8) is 0 Å². The Kier molecular flexibility index (Phi) is 8.56. The van der Waals surface area contributed by atoms with E-state index in [1.807, 2.05) is 37.3 Å². The third kappa shape index (κ3) is 6.31. The molecule has 0 radical (unpaired) electrons. The number of nitrogens with zero attached hydrogens (tertiary/aromatic N) is 1. The van der Waals surface area contributed by atoms with Crippen molar-refractivity contribution in [2.45, 2.75) is 26.0 Å². The highest BCUT2D eigenvalue weighted by Gasteiger charge is 2.20. The highest BCUT2D eigenvalue weighted by atomic mass is 16.5. The van der Waals surface area contributed by atoms with Gasteiger partial charge in [0, 0.05) is 19.7 Å². The lowest BCUT2D eigenvalue weighted by atomic mass is 10.0. The van der Waals surface area contributed by atoms with Crippen molar-refractivity contribution >= 4 is 11.8 Å². The number of likely N-dealkylation sites (N-methyl/N-ethyl adjacent to an activating group) is 1. The molecule has 1 heterocycles. The summed E-state index contributed by atoms with van der Waals surface area (Å²) >= 11 is 0. The molecule has 1 atom stereocenters. The lowest BCUT2D eigenvalue weighted by molar-refractivity contribution is -0.130. The number of hydrogen-bond acceptors (Lipinski definition) is 6. The first-order valence-electron chi connectivity index (χ1n) is 11.0. The Labute approximate surface area is 199 Å². The van der Waals surface area contributed by atoms with E-state index in [0.29, 0.717) is 29.4 Å². The summed E-state index contributed by atoms with van der Waals surface area (Å²) in [5.41, 5.74) is 0.788. The molecule has 0 fully saturated rings. The van der Waals surface area contributed by atoms with Crippen LogP contribution in [0.5, 0.6) is 17.2 Å². The molecule has 1 N–H and O–H groups in total. The van der Waals surface area contributed by atoms with Gasteiger partial charge in [0.05, 0.1) is 13.2 Å². The molecule has 0 aliphatic rings. The maximum absolute atomic E-state index is 12.9. The van der Waals surface area contributed by atoms with Crippen molar-refractivity contribution in [1.82, 2.24) is 10.2 Å². The number of para-hydroxylation sites is 3. The van der Waals surface area contributed by atoms with Gasteiger partial charge in [-0.2, -0.15) is 0 Å². The number of carbonyl (C=O) groups excluding carboxylic acids is 2. The summed E-state index contributed by atoms with van der Waals surface area (Å²) in [7, 11) is 4.92. The van der Waals surface area contributed by atoms with Crippen LogP contribution in [-0.4, -0.2) is 44.5 Å². The molecular weight excluding hydrogens is 436 g/mol. The molecule has 0 spiro atoms. The molecule has 3 aromatic rings. The fourth-order valence-corrected chi connectivity index (χ4v) is 3.26. The van der Waals surface area contributed by atoms with E-state index in [2.05, 4.69) is 5.32 Å². The third-order valence-electron chi connectivity index (χ3n) is 5.18. The lowest BCUT2D eigenvalue weighted by Crippen LogP contribution is -2.30. The molecule has 3 rings (SSSR count). The van der Waals surface area contributed by atoms with Crippen molar-refractivity contribution in [3.05, 3.63) is 77.7 Å². The number of benzene rings is 2. The summed E-state index contributed by atoms with van der Waals surface area (Å²) in [6.45, 7) is 2.03. The second kappa shape index (κ2) is 11.8. The lowest BCUT2D eigenvalue weighted by Gasteiger charge is -2.20. The summed E-state index contributed by atoms with van der Waals surface area (Å²) in [6.07, 6.45) is 0.623. The van der Waals surface area contributed by atoms with Gasteiger partial charge in [0.2, 0.25) is 0 Å². The van der Waals surface area contributed by atoms with E-state index in [9.17, 15) is 9.59 Å². The minimum absolute atomic E-state index is 0.0812. The number of rotatable bonds is 11. The Morgan fingerprint density at radius 2 is 1.62 bits per heavy atom. The van der Waals surface area contributed by atoms with Crippen LogP contribution in [-0.2, 0) is 11.4 Å². The third-order valence-corrected chi connectivity index (χ3v) is 5.18. The predicted octanol–water partition coefficient (Wildman–Crippen LogP) is 4.22. The standard InChI is InChI=1S/C26H30N2O6/c1-5-20(19-10-6-7-11-21(19)33-17-25(29)28(2)3)27-26(30)24-15-14-18(34-24)16-32-23-13-9-8-12-22(23)31-4/h6-15,20H,5,16-17H2,1-4H3,(H,27,30). The monoisotopic (exact) mass is 466 g/mol. The van der Waals surface area contributed by atoms with E-state index in [1.54, 1.807) is 51.5 Å². The molecule has 2 aromatic carbocycles. The number of methoxy groups -OCH3 is 1. The number of hydrogen-bond donors (Lipinski definition) is 1. The number of furan rings is 1. The van der Waals surface area contributed by atoms with Gasteiger partial charge in [0.1, 0.15) is 18.1 Å². The zero-order valence-electron chi connectivity index (χ0n) is 19.9. The molecular formula is C26H30N2O6. The van der Waals surface area contributed by atoms with Crippen LogP contribution < -0.4 is 19.5 Å². The molecule has 8 heteroatoms. The second-order valence-corrected chi connectivity index (χ2v) is 7.75. The van der Waals surface area contributed by atoms with Crippen LogP contribution in [0, 0.1) is 0 Å². The fraction of sp³-hybridized carbons (Fsp3) is 0.308. The highest BCUT2D eigenvalue weighted by molar-refractivity contribution is 5.91. The van der Waals surface area contributed by atoms with Crippen LogP contribution in [0.4, 0.5) is 0 Å². The van der Waals surface area contributed by atoms with E-state index in [1.165, 1.54) is 4.90 Å². The fourth-order valence-electron chi connectivity index (χ4n) is 3.26. The molecule has 1 unspecified atom stereocenters. The SMILES string of the molecule is CCC(NC(=O)c1ccc(COc2ccccc2OC)o1)c1ccccc1OCC(=O)N(C)C. The Balaban J connectivity index is 1.65. The van der Waals surface area contributed by atoms with E-state index in [0.717, 1.165) is 5.56 Å². The summed E-state index contributed by atoms with van der Waals surface area (Å²) in [5, 5.41) is 2.99. The normalized spacial score (nSPS) is 11.4. The van der Waals surface area contributed by atoms with E-state index >= 15 is 0 Å². The topological polar surface area (TPSA) is 90.2 Å². The molecule has 8 nitrogen and oxygen atoms in total. The Bertz CT molecular complexity index is 1110. The van der Waals surface area contributed by atoms with Crippen molar-refractivity contribution in [2.75, 3.05) is 27.8 Å². The first-order chi connectivity index (χ1) is 16.4.